The number of hydrogen-bond acceptors (Lipinski definition) is 6. The Labute approximate surface area is 186 Å². The molecular formula is C24H40N2O5. The van der Waals surface area contributed by atoms with Crippen molar-refractivity contribution in [1.29, 1.82) is 0 Å². The normalized spacial score (nSPS) is 14.1. The topological polar surface area (TPSA) is 111 Å². The maximum Gasteiger partial charge on any atom is 0.341 e. The number of nitrogens with one attached hydrogen (secondary N) is 1. The molecule has 0 aliphatic heterocycles. The second-order valence-corrected chi connectivity index (χ2v) is 8.43. The lowest BCUT2D eigenvalue weighted by Gasteiger charge is -2.26. The van der Waals surface area contributed by atoms with Crippen LogP contribution in [0.3, 0.4) is 0 Å². The third-order valence-electron chi connectivity index (χ3n) is 5.68. The Balaban J connectivity index is 2.73. The van der Waals surface area contributed by atoms with Crippen LogP contribution in [0.1, 0.15) is 68.8 Å². The van der Waals surface area contributed by atoms with E-state index in [1.165, 1.54) is 7.11 Å². The number of esters is 1. The molecule has 0 unspecified atom stereocenters. The van der Waals surface area contributed by atoms with Crippen LogP contribution in [0.2, 0.25) is 0 Å². The Bertz CT molecular complexity index is 693. The minimum Gasteiger partial charge on any atom is -0.496 e. The van der Waals surface area contributed by atoms with Gasteiger partial charge in [-0.25, -0.2) is 4.79 Å². The number of nitrogens with two attached hydrogens (primary N) is 1. The monoisotopic (exact) mass is 436 g/mol. The number of benzene rings is 1. The first kappa shape index (κ1) is 26.9. The van der Waals surface area contributed by atoms with Crippen LogP contribution in [-0.4, -0.2) is 49.9 Å². The van der Waals surface area contributed by atoms with Crippen molar-refractivity contribution >= 4 is 11.9 Å². The number of amides is 1. The average molecular weight is 437 g/mol. The summed E-state index contributed by atoms with van der Waals surface area (Å²) >= 11 is 0. The number of methoxy groups -OCH3 is 2. The van der Waals surface area contributed by atoms with E-state index in [9.17, 15) is 14.7 Å². The molecule has 0 saturated carbocycles. The van der Waals surface area contributed by atoms with Gasteiger partial charge in [0.05, 0.1) is 14.2 Å². The molecule has 0 heterocycles. The van der Waals surface area contributed by atoms with Gasteiger partial charge in [0.1, 0.15) is 17.4 Å². The lowest BCUT2D eigenvalue weighted by molar-refractivity contribution is -0.129. The SMILES string of the molecule is CCCCNC(=O)[C@@H](O)CC[C@H](N)C[C@H](Cc1cccc(C(=O)OC)c1OC)C(C)C. The van der Waals surface area contributed by atoms with Gasteiger partial charge < -0.3 is 25.6 Å². The number of para-hydroxylation sites is 1. The summed E-state index contributed by atoms with van der Waals surface area (Å²) < 4.78 is 10.4. The maximum atomic E-state index is 12.1. The number of ether oxygens (including phenoxy) is 2. The fourth-order valence-electron chi connectivity index (χ4n) is 3.65. The lowest BCUT2D eigenvalue weighted by Crippen LogP contribution is -2.36. The van der Waals surface area contributed by atoms with Crippen molar-refractivity contribution < 1.29 is 24.2 Å². The highest BCUT2D eigenvalue weighted by atomic mass is 16.5. The Morgan fingerprint density at radius 3 is 2.48 bits per heavy atom. The quantitative estimate of drug-likeness (QED) is 0.305. The van der Waals surface area contributed by atoms with Gasteiger partial charge in [-0.3, -0.25) is 4.79 Å². The minimum absolute atomic E-state index is 0.139. The van der Waals surface area contributed by atoms with Gasteiger partial charge in [0.2, 0.25) is 5.91 Å². The molecule has 0 bridgehead atoms. The van der Waals surface area contributed by atoms with E-state index < -0.39 is 12.1 Å². The van der Waals surface area contributed by atoms with Gasteiger partial charge in [0.15, 0.2) is 0 Å². The summed E-state index contributed by atoms with van der Waals surface area (Å²) in [7, 11) is 2.90. The van der Waals surface area contributed by atoms with Crippen molar-refractivity contribution in [3.8, 4) is 5.75 Å². The van der Waals surface area contributed by atoms with Crippen LogP contribution < -0.4 is 15.8 Å². The third-order valence-corrected chi connectivity index (χ3v) is 5.68. The second-order valence-electron chi connectivity index (χ2n) is 8.43. The van der Waals surface area contributed by atoms with Crippen LogP contribution in [0.5, 0.6) is 5.75 Å². The van der Waals surface area contributed by atoms with Crippen molar-refractivity contribution in [2.45, 2.75) is 71.4 Å². The van der Waals surface area contributed by atoms with Gasteiger partial charge in [0.25, 0.3) is 0 Å². The molecule has 0 aliphatic carbocycles. The molecule has 0 aliphatic rings. The molecule has 4 N–H and O–H groups in total. The highest BCUT2D eigenvalue weighted by molar-refractivity contribution is 5.93. The van der Waals surface area contributed by atoms with Gasteiger partial charge in [-0.05, 0) is 55.6 Å². The number of carbonyl (C=O) groups excluding carboxylic acids is 2. The Hall–Kier alpha value is -2.12. The van der Waals surface area contributed by atoms with E-state index >= 15 is 0 Å². The summed E-state index contributed by atoms with van der Waals surface area (Å²) in [6.45, 7) is 6.92. The van der Waals surface area contributed by atoms with E-state index in [1.807, 2.05) is 19.1 Å². The Morgan fingerprint density at radius 2 is 1.90 bits per heavy atom. The first-order chi connectivity index (χ1) is 14.7. The zero-order chi connectivity index (χ0) is 23.4. The Kier molecular flexibility index (Phi) is 12.2. The molecule has 1 amide bonds. The van der Waals surface area contributed by atoms with E-state index in [0.29, 0.717) is 43.0 Å². The number of hydrogen-bond donors (Lipinski definition) is 3. The number of carbonyl (C=O) groups is 2. The average Bonchev–Trinajstić information content (AvgIpc) is 2.76. The fraction of sp³-hybridized carbons (Fsp3) is 0.667. The summed E-state index contributed by atoms with van der Waals surface area (Å²) in [6.07, 6.45) is 3.21. The van der Waals surface area contributed by atoms with E-state index in [2.05, 4.69) is 19.2 Å². The molecule has 0 fully saturated rings. The zero-order valence-electron chi connectivity index (χ0n) is 19.6. The summed E-state index contributed by atoms with van der Waals surface area (Å²) in [5.41, 5.74) is 7.70. The zero-order valence-corrected chi connectivity index (χ0v) is 19.6. The first-order valence-electron chi connectivity index (χ1n) is 11.2. The van der Waals surface area contributed by atoms with Crippen molar-refractivity contribution in [3.05, 3.63) is 29.3 Å². The van der Waals surface area contributed by atoms with Crippen LogP contribution in [0.25, 0.3) is 0 Å². The molecule has 1 rings (SSSR count). The van der Waals surface area contributed by atoms with Crippen molar-refractivity contribution in [2.75, 3.05) is 20.8 Å². The van der Waals surface area contributed by atoms with Crippen LogP contribution in [0.4, 0.5) is 0 Å². The third kappa shape index (κ3) is 8.87. The molecule has 1 aromatic rings. The molecule has 31 heavy (non-hydrogen) atoms. The molecule has 7 heteroatoms. The van der Waals surface area contributed by atoms with Crippen LogP contribution in [-0.2, 0) is 16.0 Å². The molecule has 0 spiro atoms. The Morgan fingerprint density at radius 1 is 1.19 bits per heavy atom. The smallest absolute Gasteiger partial charge is 0.341 e. The van der Waals surface area contributed by atoms with Crippen molar-refractivity contribution in [1.82, 2.24) is 5.32 Å². The van der Waals surface area contributed by atoms with E-state index in [4.69, 9.17) is 15.2 Å². The second kappa shape index (κ2) is 14.0. The van der Waals surface area contributed by atoms with Crippen molar-refractivity contribution in [2.24, 2.45) is 17.6 Å². The molecular weight excluding hydrogens is 396 g/mol. The van der Waals surface area contributed by atoms with E-state index in [-0.39, 0.29) is 17.9 Å². The fourth-order valence-corrected chi connectivity index (χ4v) is 3.65. The van der Waals surface area contributed by atoms with Gasteiger partial charge in [-0.15, -0.1) is 0 Å². The lowest BCUT2D eigenvalue weighted by atomic mass is 9.82. The first-order valence-corrected chi connectivity index (χ1v) is 11.2. The predicted molar refractivity (Wildman–Crippen MR) is 122 cm³/mol. The standard InChI is InChI=1S/C24H40N2O5/c1-6-7-13-26-23(28)21(27)12-11-19(25)15-18(16(2)3)14-17-9-8-10-20(22(17)30-4)24(29)31-5/h8-10,16,18-19,21,27H,6-7,11-15,25H2,1-5H3,(H,26,28)/t18-,19-,21-/m0/s1. The van der Waals surface area contributed by atoms with Gasteiger partial charge in [0, 0.05) is 12.6 Å². The number of rotatable bonds is 14. The van der Waals surface area contributed by atoms with E-state index in [0.717, 1.165) is 24.8 Å². The van der Waals surface area contributed by atoms with Gasteiger partial charge in [-0.2, -0.15) is 0 Å². The summed E-state index contributed by atoms with van der Waals surface area (Å²) in [5, 5.41) is 12.8. The van der Waals surface area contributed by atoms with Crippen LogP contribution in [0.15, 0.2) is 18.2 Å². The van der Waals surface area contributed by atoms with Crippen molar-refractivity contribution in [3.63, 3.8) is 0 Å². The van der Waals surface area contributed by atoms with Gasteiger partial charge in [-0.1, -0.05) is 39.3 Å². The highest BCUT2D eigenvalue weighted by Crippen LogP contribution is 2.31. The summed E-state index contributed by atoms with van der Waals surface area (Å²) in [4.78, 5) is 24.0. The molecule has 3 atom stereocenters. The van der Waals surface area contributed by atoms with Crippen LogP contribution >= 0.6 is 0 Å². The molecule has 0 aromatic heterocycles. The maximum absolute atomic E-state index is 12.1. The number of aliphatic hydroxyl groups is 1. The van der Waals surface area contributed by atoms with Gasteiger partial charge >= 0.3 is 5.97 Å². The van der Waals surface area contributed by atoms with E-state index in [1.54, 1.807) is 13.2 Å². The predicted octanol–water partition coefficient (Wildman–Crippen LogP) is 3.07. The number of unbranched alkanes of at least 4 members (excludes halogenated alkanes) is 1. The molecule has 0 saturated heterocycles. The largest absolute Gasteiger partial charge is 0.496 e. The summed E-state index contributed by atoms with van der Waals surface area (Å²) in [5.74, 6) is 0.396. The minimum atomic E-state index is -1.03. The van der Waals surface area contributed by atoms with Crippen LogP contribution in [0, 0.1) is 11.8 Å². The summed E-state index contributed by atoms with van der Waals surface area (Å²) in [6, 6.07) is 5.34. The molecule has 1 aromatic carbocycles. The number of aliphatic hydroxyl groups excluding tert-OH is 1. The highest BCUT2D eigenvalue weighted by Gasteiger charge is 2.23. The molecule has 176 valence electrons. The molecule has 7 nitrogen and oxygen atoms in total. The molecule has 0 radical (unpaired) electrons.